The maximum Gasteiger partial charge on any atom is 0.288 e. The van der Waals surface area contributed by atoms with Crippen molar-refractivity contribution in [3.05, 3.63) is 69.2 Å². The highest BCUT2D eigenvalue weighted by Crippen LogP contribution is 2.24. The van der Waals surface area contributed by atoms with Crippen molar-refractivity contribution in [3.8, 4) is 0 Å². The van der Waals surface area contributed by atoms with E-state index in [1.807, 2.05) is 4.83 Å². The van der Waals surface area contributed by atoms with Gasteiger partial charge in [0.05, 0.1) is 16.0 Å². The molecule has 0 atom stereocenters. The van der Waals surface area contributed by atoms with Crippen LogP contribution in [0.5, 0.6) is 0 Å². The fraction of sp³-hybridized carbons (Fsp3) is 0. The maximum absolute atomic E-state index is 11.9. The molecule has 0 unspecified atom stereocenters. The molecule has 0 fully saturated rings. The zero-order valence-corrected chi connectivity index (χ0v) is 12.6. The van der Waals surface area contributed by atoms with Crippen LogP contribution in [0.15, 0.2) is 58.5 Å². The lowest BCUT2D eigenvalue weighted by Gasteiger charge is -2.02. The zero-order valence-electron chi connectivity index (χ0n) is 11.0. The summed E-state index contributed by atoms with van der Waals surface area (Å²) in [5.74, 6) is 0. The van der Waals surface area contributed by atoms with Gasteiger partial charge in [0.25, 0.3) is 15.7 Å². The van der Waals surface area contributed by atoms with Gasteiger partial charge in [0, 0.05) is 11.6 Å². The summed E-state index contributed by atoms with van der Waals surface area (Å²) < 4.78 is 23.8. The Labute approximate surface area is 131 Å². The van der Waals surface area contributed by atoms with Gasteiger partial charge in [-0.15, -0.1) is 0 Å². The fourth-order valence-electron chi connectivity index (χ4n) is 1.57. The molecule has 2 aromatic carbocycles. The summed E-state index contributed by atoms with van der Waals surface area (Å²) in [6.07, 6.45) is 1.16. The van der Waals surface area contributed by atoms with Crippen molar-refractivity contribution >= 4 is 33.5 Å². The van der Waals surface area contributed by atoms with Gasteiger partial charge in [0.1, 0.15) is 5.02 Å². The number of rotatable bonds is 5. The second-order valence-corrected chi connectivity index (χ2v) is 6.20. The van der Waals surface area contributed by atoms with Gasteiger partial charge >= 0.3 is 0 Å². The number of hydrogen-bond donors (Lipinski definition) is 1. The minimum absolute atomic E-state index is 0.00739. The second kappa shape index (κ2) is 6.54. The number of sulfonamides is 1. The molecular weight excluding hydrogens is 330 g/mol. The van der Waals surface area contributed by atoms with Crippen LogP contribution in [0.3, 0.4) is 0 Å². The molecule has 0 bridgehead atoms. The van der Waals surface area contributed by atoms with Crippen molar-refractivity contribution in [2.45, 2.75) is 4.90 Å². The molecule has 7 nitrogen and oxygen atoms in total. The predicted molar refractivity (Wildman–Crippen MR) is 82.5 cm³/mol. The molecule has 2 rings (SSSR count). The molecule has 0 amide bonds. The van der Waals surface area contributed by atoms with E-state index in [9.17, 15) is 18.5 Å². The van der Waals surface area contributed by atoms with E-state index in [-0.39, 0.29) is 15.6 Å². The third-order valence-corrected chi connectivity index (χ3v) is 4.17. The van der Waals surface area contributed by atoms with E-state index in [0.29, 0.717) is 5.56 Å². The Morgan fingerprint density at radius 3 is 2.50 bits per heavy atom. The minimum Gasteiger partial charge on any atom is -0.258 e. The van der Waals surface area contributed by atoms with Gasteiger partial charge in [0.15, 0.2) is 0 Å². The molecule has 0 spiro atoms. The highest BCUT2D eigenvalue weighted by Gasteiger charge is 2.13. The van der Waals surface area contributed by atoms with E-state index in [2.05, 4.69) is 5.10 Å². The summed E-state index contributed by atoms with van der Waals surface area (Å²) in [5, 5.41) is 14.3. The first-order valence-corrected chi connectivity index (χ1v) is 7.80. The maximum atomic E-state index is 11.9. The van der Waals surface area contributed by atoms with Crippen LogP contribution in [-0.4, -0.2) is 19.6 Å². The average Bonchev–Trinajstić information content (AvgIpc) is 2.49. The molecular formula is C13H10ClN3O4S. The first-order valence-electron chi connectivity index (χ1n) is 5.94. The summed E-state index contributed by atoms with van der Waals surface area (Å²) in [6.45, 7) is 0. The number of halogens is 1. The standard InChI is InChI=1S/C13H10ClN3O4S/c14-12-7-6-10(8-13(12)17(18)19)9-15-16-22(20,21)11-4-2-1-3-5-11/h1-9,16H. The van der Waals surface area contributed by atoms with E-state index < -0.39 is 14.9 Å². The molecule has 0 heterocycles. The molecule has 1 N–H and O–H groups in total. The second-order valence-electron chi connectivity index (χ2n) is 4.13. The summed E-state index contributed by atoms with van der Waals surface area (Å²) >= 11 is 5.68. The van der Waals surface area contributed by atoms with Gasteiger partial charge in [-0.05, 0) is 18.2 Å². The number of hydrazone groups is 1. The Hall–Kier alpha value is -2.45. The Kier molecular flexibility index (Phi) is 4.74. The van der Waals surface area contributed by atoms with E-state index in [1.165, 1.54) is 30.3 Å². The largest absolute Gasteiger partial charge is 0.288 e. The van der Waals surface area contributed by atoms with Crippen LogP contribution in [0, 0.1) is 10.1 Å². The van der Waals surface area contributed by atoms with Gasteiger partial charge in [-0.2, -0.15) is 13.5 Å². The molecule has 0 saturated heterocycles. The topological polar surface area (TPSA) is 102 Å². The van der Waals surface area contributed by atoms with Crippen molar-refractivity contribution < 1.29 is 13.3 Å². The van der Waals surface area contributed by atoms with Crippen LogP contribution < -0.4 is 4.83 Å². The van der Waals surface area contributed by atoms with Gasteiger partial charge in [-0.25, -0.2) is 4.83 Å². The van der Waals surface area contributed by atoms with E-state index in [4.69, 9.17) is 11.6 Å². The zero-order chi connectivity index (χ0) is 16.2. The van der Waals surface area contributed by atoms with E-state index in [1.54, 1.807) is 18.2 Å². The Bertz CT molecular complexity index is 822. The fourth-order valence-corrected chi connectivity index (χ4v) is 2.57. The van der Waals surface area contributed by atoms with Crippen molar-refractivity contribution in [1.82, 2.24) is 4.83 Å². The number of nitro groups is 1. The third-order valence-electron chi connectivity index (χ3n) is 2.61. The SMILES string of the molecule is O=[N+]([O-])c1cc(C=NNS(=O)(=O)c2ccccc2)ccc1Cl. The molecule has 0 aromatic heterocycles. The first-order chi connectivity index (χ1) is 10.4. The normalized spacial score (nSPS) is 11.5. The molecule has 0 aliphatic rings. The summed E-state index contributed by atoms with van der Waals surface area (Å²) in [6, 6.07) is 11.7. The van der Waals surface area contributed by atoms with Crippen LogP contribution in [-0.2, 0) is 10.0 Å². The molecule has 114 valence electrons. The number of benzene rings is 2. The van der Waals surface area contributed by atoms with Crippen LogP contribution in [0.4, 0.5) is 5.69 Å². The van der Waals surface area contributed by atoms with Crippen LogP contribution in [0.25, 0.3) is 0 Å². The van der Waals surface area contributed by atoms with Crippen LogP contribution in [0.2, 0.25) is 5.02 Å². The third kappa shape index (κ3) is 3.80. The van der Waals surface area contributed by atoms with Gasteiger partial charge < -0.3 is 0 Å². The Balaban J connectivity index is 2.17. The highest BCUT2D eigenvalue weighted by atomic mass is 35.5. The minimum atomic E-state index is -3.77. The monoisotopic (exact) mass is 339 g/mol. The number of nitrogens with zero attached hydrogens (tertiary/aromatic N) is 2. The summed E-state index contributed by atoms with van der Waals surface area (Å²) in [7, 11) is -3.77. The molecule has 2 aromatic rings. The lowest BCUT2D eigenvalue weighted by molar-refractivity contribution is -0.384. The van der Waals surface area contributed by atoms with Crippen molar-refractivity contribution in [2.24, 2.45) is 5.10 Å². The van der Waals surface area contributed by atoms with Gasteiger partial charge in [0.2, 0.25) is 0 Å². The van der Waals surface area contributed by atoms with Gasteiger partial charge in [-0.1, -0.05) is 35.9 Å². The smallest absolute Gasteiger partial charge is 0.258 e. The number of nitrogens with one attached hydrogen (secondary N) is 1. The van der Waals surface area contributed by atoms with Crippen molar-refractivity contribution in [1.29, 1.82) is 0 Å². The molecule has 0 aliphatic heterocycles. The highest BCUT2D eigenvalue weighted by molar-refractivity contribution is 7.89. The van der Waals surface area contributed by atoms with Crippen LogP contribution >= 0.6 is 11.6 Å². The Morgan fingerprint density at radius 1 is 1.18 bits per heavy atom. The average molecular weight is 340 g/mol. The summed E-state index contributed by atoms with van der Waals surface area (Å²) in [4.78, 5) is 12.2. The number of nitro benzene ring substituents is 1. The summed E-state index contributed by atoms with van der Waals surface area (Å²) in [5.41, 5.74) is 0.0587. The van der Waals surface area contributed by atoms with E-state index >= 15 is 0 Å². The van der Waals surface area contributed by atoms with Crippen molar-refractivity contribution in [3.63, 3.8) is 0 Å². The molecule has 0 aliphatic carbocycles. The number of hydrogen-bond acceptors (Lipinski definition) is 5. The quantitative estimate of drug-likeness (QED) is 0.513. The van der Waals surface area contributed by atoms with E-state index in [0.717, 1.165) is 6.21 Å². The van der Waals surface area contributed by atoms with Crippen molar-refractivity contribution in [2.75, 3.05) is 0 Å². The lowest BCUT2D eigenvalue weighted by Crippen LogP contribution is -2.18. The Morgan fingerprint density at radius 2 is 1.86 bits per heavy atom. The first kappa shape index (κ1) is 15.9. The van der Waals surface area contributed by atoms with Crippen LogP contribution in [0.1, 0.15) is 5.56 Å². The molecule has 0 saturated carbocycles. The molecule has 22 heavy (non-hydrogen) atoms. The lowest BCUT2D eigenvalue weighted by atomic mass is 10.2. The molecule has 9 heteroatoms. The van der Waals surface area contributed by atoms with Gasteiger partial charge in [-0.3, -0.25) is 10.1 Å². The predicted octanol–water partition coefficient (Wildman–Crippen LogP) is 2.56. The molecule has 0 radical (unpaired) electrons.